The van der Waals surface area contributed by atoms with Gasteiger partial charge in [0.05, 0.1) is 17.9 Å². The van der Waals surface area contributed by atoms with Gasteiger partial charge in [-0.2, -0.15) is 0 Å². The Morgan fingerprint density at radius 1 is 1.23 bits per heavy atom. The van der Waals surface area contributed by atoms with Crippen molar-refractivity contribution in [3.05, 3.63) is 71.6 Å². The molecule has 4 rings (SSSR count). The predicted octanol–water partition coefficient (Wildman–Crippen LogP) is 3.13. The van der Waals surface area contributed by atoms with E-state index in [9.17, 15) is 9.18 Å². The second kappa shape index (κ2) is 7.07. The minimum absolute atomic E-state index is 0.134. The van der Waals surface area contributed by atoms with E-state index in [1.165, 1.54) is 12.1 Å². The summed E-state index contributed by atoms with van der Waals surface area (Å²) in [6.45, 7) is 1.18. The summed E-state index contributed by atoms with van der Waals surface area (Å²) >= 11 is 0. The molecule has 2 aromatic heterocycles. The van der Waals surface area contributed by atoms with Gasteiger partial charge in [0.15, 0.2) is 0 Å². The van der Waals surface area contributed by atoms with Crippen LogP contribution < -0.4 is 0 Å². The Bertz CT molecular complexity index is 923. The van der Waals surface area contributed by atoms with Crippen molar-refractivity contribution in [2.75, 3.05) is 6.54 Å². The highest BCUT2D eigenvalue weighted by molar-refractivity contribution is 5.76. The number of carbonyl (C=O) groups excluding carboxylic acids is 1. The lowest BCUT2D eigenvalue weighted by Gasteiger charge is -2.26. The summed E-state index contributed by atoms with van der Waals surface area (Å²) in [4.78, 5) is 26.2. The van der Waals surface area contributed by atoms with Crippen molar-refractivity contribution < 1.29 is 9.18 Å². The van der Waals surface area contributed by atoms with Crippen LogP contribution in [-0.4, -0.2) is 32.3 Å². The standard InChI is InChI=1S/C20H19FN4O/c21-16-3-1-2-15(12-16)20-23-17-8-11-25(13-18(17)24-20)19(26)5-4-14-6-9-22-10-7-14/h1-3,6-7,9-10,12H,4-5,8,11,13H2,(H,23,24). The summed E-state index contributed by atoms with van der Waals surface area (Å²) < 4.78 is 13.4. The summed E-state index contributed by atoms with van der Waals surface area (Å²) in [5.41, 5.74) is 3.73. The zero-order valence-corrected chi connectivity index (χ0v) is 14.3. The molecule has 0 aliphatic carbocycles. The van der Waals surface area contributed by atoms with Gasteiger partial charge in [-0.1, -0.05) is 12.1 Å². The topological polar surface area (TPSA) is 61.9 Å². The fourth-order valence-corrected chi connectivity index (χ4v) is 3.24. The number of halogens is 1. The van der Waals surface area contributed by atoms with Crippen LogP contribution in [0.1, 0.15) is 23.4 Å². The van der Waals surface area contributed by atoms with Crippen molar-refractivity contribution in [3.63, 3.8) is 0 Å². The number of rotatable bonds is 4. The normalized spacial score (nSPS) is 13.5. The molecule has 1 amide bonds. The van der Waals surface area contributed by atoms with Gasteiger partial charge < -0.3 is 9.88 Å². The number of benzene rings is 1. The summed E-state index contributed by atoms with van der Waals surface area (Å²) in [7, 11) is 0. The summed E-state index contributed by atoms with van der Waals surface area (Å²) in [5.74, 6) is 0.500. The molecule has 0 saturated carbocycles. The zero-order valence-electron chi connectivity index (χ0n) is 14.3. The van der Waals surface area contributed by atoms with Gasteiger partial charge in [0.2, 0.25) is 5.91 Å². The lowest BCUT2D eigenvalue weighted by atomic mass is 10.1. The number of pyridine rings is 1. The second-order valence-electron chi connectivity index (χ2n) is 6.44. The molecule has 0 radical (unpaired) electrons. The summed E-state index contributed by atoms with van der Waals surface area (Å²) in [5, 5.41) is 0. The van der Waals surface area contributed by atoms with E-state index < -0.39 is 0 Å². The number of fused-ring (bicyclic) bond motifs is 1. The smallest absolute Gasteiger partial charge is 0.223 e. The SMILES string of the molecule is O=C(CCc1ccncc1)N1CCc2nc(-c3cccc(F)c3)[nH]c2C1. The molecular formula is C20H19FN4O. The maximum Gasteiger partial charge on any atom is 0.223 e. The minimum Gasteiger partial charge on any atom is -0.340 e. The van der Waals surface area contributed by atoms with Crippen molar-refractivity contribution in [2.24, 2.45) is 0 Å². The van der Waals surface area contributed by atoms with Gasteiger partial charge >= 0.3 is 0 Å². The number of imidazole rings is 1. The molecule has 0 fully saturated rings. The first-order valence-electron chi connectivity index (χ1n) is 8.69. The van der Waals surface area contributed by atoms with Crippen LogP contribution in [0.3, 0.4) is 0 Å². The maximum atomic E-state index is 13.4. The van der Waals surface area contributed by atoms with E-state index in [0.29, 0.717) is 38.2 Å². The van der Waals surface area contributed by atoms with Crippen molar-refractivity contribution in [3.8, 4) is 11.4 Å². The van der Waals surface area contributed by atoms with Crippen LogP contribution in [0.25, 0.3) is 11.4 Å². The highest BCUT2D eigenvalue weighted by Gasteiger charge is 2.23. The third-order valence-corrected chi connectivity index (χ3v) is 4.66. The molecule has 0 bridgehead atoms. The quantitative estimate of drug-likeness (QED) is 0.786. The zero-order chi connectivity index (χ0) is 17.9. The largest absolute Gasteiger partial charge is 0.340 e. The summed E-state index contributed by atoms with van der Waals surface area (Å²) in [6, 6.07) is 10.2. The van der Waals surface area contributed by atoms with Gasteiger partial charge in [-0.15, -0.1) is 0 Å². The predicted molar refractivity (Wildman–Crippen MR) is 95.7 cm³/mol. The number of hydrogen-bond acceptors (Lipinski definition) is 3. The van der Waals surface area contributed by atoms with Crippen molar-refractivity contribution in [1.29, 1.82) is 0 Å². The van der Waals surface area contributed by atoms with E-state index in [2.05, 4.69) is 15.0 Å². The molecule has 0 saturated heterocycles. The highest BCUT2D eigenvalue weighted by atomic mass is 19.1. The number of aromatic nitrogens is 3. The van der Waals surface area contributed by atoms with Gasteiger partial charge in [0.1, 0.15) is 11.6 Å². The molecule has 0 unspecified atom stereocenters. The molecule has 26 heavy (non-hydrogen) atoms. The van der Waals surface area contributed by atoms with Crippen LogP contribution in [0.4, 0.5) is 4.39 Å². The average molecular weight is 350 g/mol. The number of H-pyrrole nitrogens is 1. The van der Waals surface area contributed by atoms with Crippen LogP contribution in [-0.2, 0) is 24.2 Å². The highest BCUT2D eigenvalue weighted by Crippen LogP contribution is 2.23. The Labute approximate surface area is 150 Å². The van der Waals surface area contributed by atoms with Gasteiger partial charge in [0.25, 0.3) is 0 Å². The first-order valence-corrected chi connectivity index (χ1v) is 8.69. The Morgan fingerprint density at radius 2 is 2.08 bits per heavy atom. The molecule has 3 aromatic rings. The van der Waals surface area contributed by atoms with Crippen LogP contribution in [0, 0.1) is 5.82 Å². The molecule has 6 heteroatoms. The lowest BCUT2D eigenvalue weighted by molar-refractivity contribution is -0.132. The fourth-order valence-electron chi connectivity index (χ4n) is 3.24. The Hall–Kier alpha value is -3.02. The molecule has 1 N–H and O–H groups in total. The van der Waals surface area contributed by atoms with Crippen LogP contribution in [0.15, 0.2) is 48.8 Å². The van der Waals surface area contributed by atoms with Crippen molar-refractivity contribution in [1.82, 2.24) is 19.9 Å². The van der Waals surface area contributed by atoms with Gasteiger partial charge in [0, 0.05) is 37.3 Å². The first-order chi connectivity index (χ1) is 12.7. The molecule has 132 valence electrons. The van der Waals surface area contributed by atoms with Crippen LogP contribution in [0.2, 0.25) is 0 Å². The number of aryl methyl sites for hydroxylation is 1. The molecule has 1 aliphatic heterocycles. The number of nitrogens with one attached hydrogen (secondary N) is 1. The Morgan fingerprint density at radius 3 is 2.88 bits per heavy atom. The molecule has 0 spiro atoms. The number of nitrogens with zero attached hydrogens (tertiary/aromatic N) is 3. The summed E-state index contributed by atoms with van der Waals surface area (Å²) in [6.07, 6.45) is 5.38. The lowest BCUT2D eigenvalue weighted by Crippen LogP contribution is -2.36. The van der Waals surface area contributed by atoms with E-state index in [1.54, 1.807) is 18.5 Å². The van der Waals surface area contributed by atoms with Crippen molar-refractivity contribution in [2.45, 2.75) is 25.8 Å². The molecule has 5 nitrogen and oxygen atoms in total. The molecule has 1 aliphatic rings. The monoisotopic (exact) mass is 350 g/mol. The Kier molecular flexibility index (Phi) is 4.48. The van der Waals surface area contributed by atoms with Crippen LogP contribution in [0.5, 0.6) is 0 Å². The molecule has 0 atom stereocenters. The van der Waals surface area contributed by atoms with Crippen LogP contribution >= 0.6 is 0 Å². The van der Waals surface area contributed by atoms with E-state index in [1.807, 2.05) is 23.1 Å². The van der Waals surface area contributed by atoms with Gasteiger partial charge in [-0.25, -0.2) is 9.37 Å². The van der Waals surface area contributed by atoms with E-state index in [4.69, 9.17) is 0 Å². The first kappa shape index (κ1) is 16.4. The number of amides is 1. The van der Waals surface area contributed by atoms with Gasteiger partial charge in [-0.3, -0.25) is 9.78 Å². The van der Waals surface area contributed by atoms with Crippen molar-refractivity contribution >= 4 is 5.91 Å². The second-order valence-corrected chi connectivity index (χ2v) is 6.44. The average Bonchev–Trinajstić information content (AvgIpc) is 3.10. The van der Waals surface area contributed by atoms with E-state index >= 15 is 0 Å². The maximum absolute atomic E-state index is 13.4. The van der Waals surface area contributed by atoms with E-state index in [-0.39, 0.29) is 11.7 Å². The fraction of sp³-hybridized carbons (Fsp3) is 0.250. The third kappa shape index (κ3) is 3.49. The van der Waals surface area contributed by atoms with E-state index in [0.717, 1.165) is 22.5 Å². The third-order valence-electron chi connectivity index (χ3n) is 4.66. The Balaban J connectivity index is 1.43. The number of aromatic amines is 1. The molecule has 1 aromatic carbocycles. The molecule has 3 heterocycles. The number of carbonyl (C=O) groups is 1. The minimum atomic E-state index is -0.287. The van der Waals surface area contributed by atoms with Gasteiger partial charge in [-0.05, 0) is 36.2 Å². The number of hydrogen-bond donors (Lipinski definition) is 1. The molecular weight excluding hydrogens is 331 g/mol.